The first-order valence-corrected chi connectivity index (χ1v) is 6.68. The Hall–Kier alpha value is -1.35. The van der Waals surface area contributed by atoms with Crippen molar-refractivity contribution in [2.24, 2.45) is 5.41 Å². The fourth-order valence-electron chi connectivity index (χ4n) is 2.16. The quantitative estimate of drug-likeness (QED) is 0.542. The third-order valence-corrected chi connectivity index (χ3v) is 3.26. The monoisotopic (exact) mass is 296 g/mol. The van der Waals surface area contributed by atoms with Crippen molar-refractivity contribution in [3.63, 3.8) is 0 Å². The number of methoxy groups -OCH3 is 1. The van der Waals surface area contributed by atoms with Crippen molar-refractivity contribution < 1.29 is 14.3 Å². The van der Waals surface area contributed by atoms with Crippen LogP contribution < -0.4 is 0 Å². The summed E-state index contributed by atoms with van der Waals surface area (Å²) in [5.41, 5.74) is 0.767. The fraction of sp³-hybridized carbons (Fsp3) is 0.611. The fourth-order valence-corrected chi connectivity index (χ4v) is 2.16. The van der Waals surface area contributed by atoms with Gasteiger partial charge in [0.2, 0.25) is 0 Å². The second kappa shape index (κ2) is 10.4. The molecule has 0 radical (unpaired) electrons. The first kappa shape index (κ1) is 21.9. The second-order valence-corrected chi connectivity index (χ2v) is 5.53. The summed E-state index contributed by atoms with van der Waals surface area (Å²) in [4.78, 5) is 12.0. The van der Waals surface area contributed by atoms with Crippen LogP contribution in [0.2, 0.25) is 0 Å². The van der Waals surface area contributed by atoms with Crippen LogP contribution >= 0.6 is 0 Å². The largest absolute Gasteiger partial charge is 0.463 e. The van der Waals surface area contributed by atoms with E-state index in [9.17, 15) is 4.79 Å². The molecular weight excluding hydrogens is 264 g/mol. The van der Waals surface area contributed by atoms with Gasteiger partial charge in [0.1, 0.15) is 6.61 Å². The highest BCUT2D eigenvalue weighted by molar-refractivity contribution is 5.76. The predicted octanol–water partition coefficient (Wildman–Crippen LogP) is 4.67. The number of ether oxygens (including phenoxy) is 2. The van der Waals surface area contributed by atoms with Crippen molar-refractivity contribution in [2.75, 3.05) is 20.3 Å². The number of carbonyl (C=O) groups is 1. The molecule has 0 saturated carbocycles. The molecule has 0 bridgehead atoms. The molecule has 1 atom stereocenters. The van der Waals surface area contributed by atoms with Gasteiger partial charge >= 0.3 is 5.97 Å². The van der Waals surface area contributed by atoms with Crippen LogP contribution in [0, 0.1) is 5.41 Å². The number of benzene rings is 1. The highest BCUT2D eigenvalue weighted by Gasteiger charge is 2.31. The van der Waals surface area contributed by atoms with Crippen molar-refractivity contribution in [1.82, 2.24) is 0 Å². The van der Waals surface area contributed by atoms with E-state index in [1.807, 2.05) is 32.0 Å². The summed E-state index contributed by atoms with van der Waals surface area (Å²) in [6.07, 6.45) is 0.767. The van der Waals surface area contributed by atoms with E-state index in [2.05, 4.69) is 19.1 Å². The molecule has 0 spiro atoms. The summed E-state index contributed by atoms with van der Waals surface area (Å²) in [5, 5.41) is 0. The zero-order valence-corrected chi connectivity index (χ0v) is 12.3. The van der Waals surface area contributed by atoms with Crippen LogP contribution in [0.5, 0.6) is 0 Å². The lowest BCUT2D eigenvalue weighted by Gasteiger charge is -2.26. The molecule has 1 unspecified atom stereocenters. The van der Waals surface area contributed by atoms with Crippen molar-refractivity contribution >= 4 is 5.97 Å². The molecule has 0 amide bonds. The molecule has 0 aliphatic rings. The van der Waals surface area contributed by atoms with Crippen LogP contribution in [-0.2, 0) is 14.3 Å². The summed E-state index contributed by atoms with van der Waals surface area (Å²) in [6, 6.07) is 10.2. The molecule has 122 valence electrons. The van der Waals surface area contributed by atoms with Crippen LogP contribution in [0.25, 0.3) is 0 Å². The molecule has 0 heterocycles. The zero-order valence-electron chi connectivity index (χ0n) is 12.3. The smallest absolute Gasteiger partial charge is 0.311 e. The molecule has 3 heteroatoms. The van der Waals surface area contributed by atoms with E-state index in [-0.39, 0.29) is 20.8 Å². The van der Waals surface area contributed by atoms with Crippen molar-refractivity contribution in [3.05, 3.63) is 35.9 Å². The number of rotatable bonds is 7. The average molecular weight is 296 g/mol. The van der Waals surface area contributed by atoms with Crippen LogP contribution in [0.4, 0.5) is 0 Å². The Bertz CT molecular complexity index is 385. The van der Waals surface area contributed by atoms with Crippen molar-refractivity contribution in [3.8, 4) is 0 Å². The Morgan fingerprint density at radius 2 is 1.71 bits per heavy atom. The maximum atomic E-state index is 12.0. The second-order valence-electron chi connectivity index (χ2n) is 5.53. The normalized spacial score (nSPS) is 11.8. The Morgan fingerprint density at radius 1 is 1.14 bits per heavy atom. The van der Waals surface area contributed by atoms with Crippen molar-refractivity contribution in [1.29, 1.82) is 0 Å². The topological polar surface area (TPSA) is 35.5 Å². The third-order valence-electron chi connectivity index (χ3n) is 3.26. The van der Waals surface area contributed by atoms with Gasteiger partial charge in [-0.15, -0.1) is 0 Å². The summed E-state index contributed by atoms with van der Waals surface area (Å²) < 4.78 is 10.1. The lowest BCUT2D eigenvalue weighted by Crippen LogP contribution is -2.29. The van der Waals surface area contributed by atoms with Gasteiger partial charge in [0, 0.05) is 7.11 Å². The molecule has 0 N–H and O–H groups in total. The van der Waals surface area contributed by atoms with E-state index in [1.54, 1.807) is 7.11 Å². The highest BCUT2D eigenvalue weighted by atomic mass is 16.6. The summed E-state index contributed by atoms with van der Waals surface area (Å²) in [7, 11) is 1.59. The SMILES string of the molecule is C.C.COCCOC(=O)C(C)(C)CC(C)c1ccccc1. The third kappa shape index (κ3) is 7.28. The maximum Gasteiger partial charge on any atom is 0.311 e. The molecule has 0 aromatic heterocycles. The minimum Gasteiger partial charge on any atom is -0.463 e. The zero-order chi connectivity index (χ0) is 14.3. The van der Waals surface area contributed by atoms with Gasteiger partial charge in [-0.2, -0.15) is 0 Å². The molecular formula is C18H32O3. The average Bonchev–Trinajstić information content (AvgIpc) is 2.39. The van der Waals surface area contributed by atoms with Gasteiger partial charge < -0.3 is 9.47 Å². The molecule has 3 nitrogen and oxygen atoms in total. The Kier molecular flexibility index (Phi) is 10.9. The van der Waals surface area contributed by atoms with E-state index in [1.165, 1.54) is 5.56 Å². The first-order chi connectivity index (χ1) is 8.97. The van der Waals surface area contributed by atoms with E-state index in [0.29, 0.717) is 19.1 Å². The van der Waals surface area contributed by atoms with E-state index in [4.69, 9.17) is 9.47 Å². The number of hydrogen-bond acceptors (Lipinski definition) is 3. The Morgan fingerprint density at radius 3 is 2.24 bits per heavy atom. The molecule has 0 fully saturated rings. The number of esters is 1. The Balaban J connectivity index is 0. The molecule has 1 rings (SSSR count). The lowest BCUT2D eigenvalue weighted by molar-refractivity contribution is -0.155. The summed E-state index contributed by atoms with van der Waals surface area (Å²) >= 11 is 0. The van der Waals surface area contributed by atoms with Crippen LogP contribution in [0.3, 0.4) is 0 Å². The van der Waals surface area contributed by atoms with Crippen LogP contribution in [0.1, 0.15) is 53.5 Å². The highest BCUT2D eigenvalue weighted by Crippen LogP contribution is 2.32. The maximum absolute atomic E-state index is 12.0. The van der Waals surface area contributed by atoms with E-state index in [0.717, 1.165) is 6.42 Å². The van der Waals surface area contributed by atoms with Gasteiger partial charge in [0.25, 0.3) is 0 Å². The molecule has 0 aliphatic carbocycles. The number of carbonyl (C=O) groups excluding carboxylic acids is 1. The Labute approximate surface area is 130 Å². The van der Waals surface area contributed by atoms with Gasteiger partial charge in [-0.3, -0.25) is 4.79 Å². The van der Waals surface area contributed by atoms with Gasteiger partial charge in [-0.1, -0.05) is 52.1 Å². The minimum absolute atomic E-state index is 0. The molecule has 0 saturated heterocycles. The summed E-state index contributed by atoms with van der Waals surface area (Å²) in [5.74, 6) is 0.165. The first-order valence-electron chi connectivity index (χ1n) is 6.68. The van der Waals surface area contributed by atoms with Crippen molar-refractivity contribution in [2.45, 2.75) is 48.0 Å². The molecule has 1 aromatic carbocycles. The van der Waals surface area contributed by atoms with E-state index >= 15 is 0 Å². The molecule has 1 aromatic rings. The van der Waals surface area contributed by atoms with Crippen LogP contribution in [-0.4, -0.2) is 26.3 Å². The van der Waals surface area contributed by atoms with Crippen LogP contribution in [0.15, 0.2) is 30.3 Å². The van der Waals surface area contributed by atoms with Gasteiger partial charge in [0.15, 0.2) is 0 Å². The molecule has 21 heavy (non-hydrogen) atoms. The van der Waals surface area contributed by atoms with Gasteiger partial charge in [0.05, 0.1) is 12.0 Å². The molecule has 0 aliphatic heterocycles. The van der Waals surface area contributed by atoms with Gasteiger partial charge in [-0.25, -0.2) is 0 Å². The summed E-state index contributed by atoms with van der Waals surface area (Å²) in [6.45, 7) is 6.76. The standard InChI is InChI=1S/C16H24O3.2CH4/c1-13(14-8-6-5-7-9-14)12-16(2,3)15(17)19-11-10-18-4;;/h5-9,13H,10-12H2,1-4H3;2*1H4. The van der Waals surface area contributed by atoms with Gasteiger partial charge in [-0.05, 0) is 31.7 Å². The lowest BCUT2D eigenvalue weighted by atomic mass is 9.81. The minimum atomic E-state index is -0.483. The van der Waals surface area contributed by atoms with E-state index < -0.39 is 5.41 Å². The number of hydrogen-bond donors (Lipinski definition) is 0. The predicted molar refractivity (Wildman–Crippen MR) is 89.6 cm³/mol.